The highest BCUT2D eigenvalue weighted by Gasteiger charge is 2.15. The fraction of sp³-hybridized carbons (Fsp3) is 0.462. The number of hydrogen-bond donors (Lipinski definition) is 0. The minimum absolute atomic E-state index is 0.868. The van der Waals surface area contributed by atoms with Gasteiger partial charge in [-0.2, -0.15) is 0 Å². The first-order chi connectivity index (χ1) is 6.84. The first-order valence-corrected chi connectivity index (χ1v) is 5.44. The average Bonchev–Trinajstić information content (AvgIpc) is 2.63. The standard InChI is InChI=1S/C13H18N/c1-14-10-9-13(11-14)8-7-12-5-3-2-4-6-12/h2-6,13H,1,7-11H2/q-1. The molecule has 0 aromatic heterocycles. The third kappa shape index (κ3) is 2.58. The van der Waals surface area contributed by atoms with E-state index in [1.165, 1.54) is 37.9 Å². The summed E-state index contributed by atoms with van der Waals surface area (Å²) in [4.78, 5) is 2.19. The third-order valence-electron chi connectivity index (χ3n) is 3.05. The van der Waals surface area contributed by atoms with Gasteiger partial charge < -0.3 is 4.90 Å². The molecule has 0 radical (unpaired) electrons. The Bertz CT molecular complexity index is 268. The lowest BCUT2D eigenvalue weighted by Gasteiger charge is -2.16. The molecular formula is C13H18N-. The molecule has 1 heterocycles. The molecule has 14 heavy (non-hydrogen) atoms. The molecule has 76 valence electrons. The van der Waals surface area contributed by atoms with Gasteiger partial charge >= 0.3 is 0 Å². The van der Waals surface area contributed by atoms with Crippen molar-refractivity contribution >= 4 is 0 Å². The van der Waals surface area contributed by atoms with Gasteiger partial charge in [-0.3, -0.25) is 7.05 Å². The normalized spacial score (nSPS) is 22.8. The Kier molecular flexibility index (Phi) is 3.20. The zero-order valence-corrected chi connectivity index (χ0v) is 8.65. The van der Waals surface area contributed by atoms with Gasteiger partial charge in [0.2, 0.25) is 0 Å². The second-order valence-corrected chi connectivity index (χ2v) is 4.26. The van der Waals surface area contributed by atoms with Crippen molar-refractivity contribution in [1.29, 1.82) is 0 Å². The van der Waals surface area contributed by atoms with Gasteiger partial charge in [0.05, 0.1) is 0 Å². The first-order valence-electron chi connectivity index (χ1n) is 5.44. The van der Waals surface area contributed by atoms with Crippen molar-refractivity contribution in [3.05, 3.63) is 42.9 Å². The number of rotatable bonds is 3. The van der Waals surface area contributed by atoms with Crippen LogP contribution in [0.4, 0.5) is 0 Å². The van der Waals surface area contributed by atoms with Crippen molar-refractivity contribution in [2.75, 3.05) is 13.1 Å². The zero-order valence-electron chi connectivity index (χ0n) is 8.65. The number of aryl methyl sites for hydroxylation is 1. The molecule has 1 fully saturated rings. The van der Waals surface area contributed by atoms with E-state index in [0.29, 0.717) is 0 Å². The van der Waals surface area contributed by atoms with Crippen LogP contribution in [-0.4, -0.2) is 18.0 Å². The molecule has 1 aromatic rings. The molecule has 0 bridgehead atoms. The van der Waals surface area contributed by atoms with E-state index in [1.807, 2.05) is 0 Å². The van der Waals surface area contributed by atoms with Gasteiger partial charge in [-0.25, -0.2) is 0 Å². The largest absolute Gasteiger partial charge is 0.459 e. The summed E-state index contributed by atoms with van der Waals surface area (Å²) in [6.45, 7) is 2.37. The van der Waals surface area contributed by atoms with Crippen LogP contribution in [0.5, 0.6) is 0 Å². The average molecular weight is 188 g/mol. The minimum atomic E-state index is 0.868. The van der Waals surface area contributed by atoms with Crippen LogP contribution in [0.2, 0.25) is 0 Å². The lowest BCUT2D eigenvalue weighted by molar-refractivity contribution is 0.422. The molecule has 1 nitrogen and oxygen atoms in total. The molecule has 1 aliphatic rings. The lowest BCUT2D eigenvalue weighted by atomic mass is 9.99. The van der Waals surface area contributed by atoms with Crippen LogP contribution in [0.25, 0.3) is 0 Å². The molecule has 1 heteroatoms. The fourth-order valence-corrected chi connectivity index (χ4v) is 2.16. The number of hydrogen-bond acceptors (Lipinski definition) is 1. The van der Waals surface area contributed by atoms with E-state index in [4.69, 9.17) is 0 Å². The Balaban J connectivity index is 1.78. The maximum atomic E-state index is 3.98. The summed E-state index contributed by atoms with van der Waals surface area (Å²) < 4.78 is 0. The quantitative estimate of drug-likeness (QED) is 0.659. The van der Waals surface area contributed by atoms with Gasteiger partial charge in [0.15, 0.2) is 0 Å². The van der Waals surface area contributed by atoms with Gasteiger partial charge in [-0.1, -0.05) is 30.3 Å². The Hall–Kier alpha value is -0.820. The Morgan fingerprint density at radius 2 is 2.07 bits per heavy atom. The van der Waals surface area contributed by atoms with E-state index in [0.717, 1.165) is 5.92 Å². The predicted octanol–water partition coefficient (Wildman–Crippen LogP) is 2.73. The SMILES string of the molecule is [CH2-]N1CCC(CCc2ccccc2)C1. The van der Waals surface area contributed by atoms with Crippen LogP contribution in [0, 0.1) is 13.0 Å². The molecule has 1 saturated heterocycles. The Labute approximate surface area is 86.7 Å². The molecule has 1 aliphatic heterocycles. The lowest BCUT2D eigenvalue weighted by Crippen LogP contribution is -2.11. The first kappa shape index (κ1) is 9.72. The third-order valence-corrected chi connectivity index (χ3v) is 3.05. The Morgan fingerprint density at radius 1 is 1.29 bits per heavy atom. The fourth-order valence-electron chi connectivity index (χ4n) is 2.16. The molecule has 0 amide bonds. The summed E-state index contributed by atoms with van der Waals surface area (Å²) in [6.07, 6.45) is 3.87. The maximum absolute atomic E-state index is 3.98. The van der Waals surface area contributed by atoms with Gasteiger partial charge in [-0.15, -0.1) is 0 Å². The van der Waals surface area contributed by atoms with Crippen LogP contribution < -0.4 is 0 Å². The van der Waals surface area contributed by atoms with Gasteiger partial charge in [0, 0.05) is 0 Å². The highest BCUT2D eigenvalue weighted by atomic mass is 15.1. The number of benzene rings is 1. The summed E-state index contributed by atoms with van der Waals surface area (Å²) >= 11 is 0. The maximum Gasteiger partial charge on any atom is -0.0274 e. The number of nitrogens with zero attached hydrogens (tertiary/aromatic N) is 1. The Morgan fingerprint density at radius 3 is 2.71 bits per heavy atom. The topological polar surface area (TPSA) is 3.24 Å². The molecule has 1 atom stereocenters. The molecular weight excluding hydrogens is 170 g/mol. The minimum Gasteiger partial charge on any atom is -0.459 e. The van der Waals surface area contributed by atoms with Crippen LogP contribution in [0.3, 0.4) is 0 Å². The molecule has 2 rings (SSSR count). The van der Waals surface area contributed by atoms with E-state index in [9.17, 15) is 0 Å². The van der Waals surface area contributed by atoms with Crippen molar-refractivity contribution < 1.29 is 0 Å². The summed E-state index contributed by atoms with van der Waals surface area (Å²) in [7, 11) is 3.98. The van der Waals surface area contributed by atoms with Crippen molar-refractivity contribution in [3.63, 3.8) is 0 Å². The van der Waals surface area contributed by atoms with Crippen molar-refractivity contribution in [3.8, 4) is 0 Å². The molecule has 0 aliphatic carbocycles. The second-order valence-electron chi connectivity index (χ2n) is 4.26. The highest BCUT2D eigenvalue weighted by Crippen LogP contribution is 2.20. The molecule has 0 saturated carbocycles. The van der Waals surface area contributed by atoms with Crippen LogP contribution in [-0.2, 0) is 6.42 Å². The van der Waals surface area contributed by atoms with Crippen LogP contribution in [0.15, 0.2) is 30.3 Å². The van der Waals surface area contributed by atoms with E-state index < -0.39 is 0 Å². The van der Waals surface area contributed by atoms with Gasteiger partial charge in [0.25, 0.3) is 0 Å². The van der Waals surface area contributed by atoms with Crippen molar-refractivity contribution in [2.24, 2.45) is 5.92 Å². The van der Waals surface area contributed by atoms with E-state index in [2.05, 4.69) is 42.3 Å². The van der Waals surface area contributed by atoms with Gasteiger partial charge in [0.1, 0.15) is 0 Å². The molecule has 0 spiro atoms. The van der Waals surface area contributed by atoms with E-state index >= 15 is 0 Å². The summed E-state index contributed by atoms with van der Waals surface area (Å²) in [5.74, 6) is 0.868. The molecule has 1 aromatic carbocycles. The summed E-state index contributed by atoms with van der Waals surface area (Å²) in [6, 6.07) is 10.8. The molecule has 1 unspecified atom stereocenters. The highest BCUT2D eigenvalue weighted by molar-refractivity contribution is 5.14. The predicted molar refractivity (Wildman–Crippen MR) is 59.8 cm³/mol. The van der Waals surface area contributed by atoms with Crippen LogP contribution >= 0.6 is 0 Å². The molecule has 0 N–H and O–H groups in total. The monoisotopic (exact) mass is 188 g/mol. The van der Waals surface area contributed by atoms with Gasteiger partial charge in [-0.05, 0) is 43.8 Å². The summed E-state index contributed by atoms with van der Waals surface area (Å²) in [5, 5.41) is 0. The number of likely N-dealkylation sites (tertiary alicyclic amines) is 1. The summed E-state index contributed by atoms with van der Waals surface area (Å²) in [5.41, 5.74) is 1.47. The van der Waals surface area contributed by atoms with Crippen molar-refractivity contribution in [2.45, 2.75) is 19.3 Å². The van der Waals surface area contributed by atoms with Crippen molar-refractivity contribution in [1.82, 2.24) is 4.90 Å². The smallest absolute Gasteiger partial charge is 0.0274 e. The van der Waals surface area contributed by atoms with E-state index in [-0.39, 0.29) is 0 Å². The zero-order chi connectivity index (χ0) is 9.80. The van der Waals surface area contributed by atoms with E-state index in [1.54, 1.807) is 0 Å². The van der Waals surface area contributed by atoms with Crippen LogP contribution in [0.1, 0.15) is 18.4 Å². The second kappa shape index (κ2) is 4.61.